The van der Waals surface area contributed by atoms with Gasteiger partial charge in [0.05, 0.1) is 0 Å². The minimum atomic E-state index is -0.960. The highest BCUT2D eigenvalue weighted by Crippen LogP contribution is 2.03. The average molecular weight is 163 g/mol. The lowest BCUT2D eigenvalue weighted by atomic mass is 10.3. The molecule has 1 aromatic rings. The molecule has 0 aliphatic heterocycles. The van der Waals surface area contributed by atoms with Crippen molar-refractivity contribution in [2.75, 3.05) is 5.32 Å². The molecule has 1 aromatic carbocycles. The average Bonchev–Trinajstić information content (AvgIpc) is 2.05. The Kier molecular flexibility index (Phi) is 2.90. The summed E-state index contributed by atoms with van der Waals surface area (Å²) in [7, 11) is 0. The number of rotatable bonds is 3. The third-order valence-electron chi connectivity index (χ3n) is 1.25. The fourth-order valence-corrected chi connectivity index (χ4v) is 0.744. The Morgan fingerprint density at radius 2 is 2.00 bits per heavy atom. The van der Waals surface area contributed by atoms with Gasteiger partial charge in [-0.15, -0.1) is 0 Å². The first kappa shape index (κ1) is 8.33. The SMILES string of the molecule is O=C(O)C=CNc1ccccc1. The van der Waals surface area contributed by atoms with Crippen molar-refractivity contribution in [2.45, 2.75) is 0 Å². The van der Waals surface area contributed by atoms with Crippen molar-refractivity contribution in [3.05, 3.63) is 42.6 Å². The van der Waals surface area contributed by atoms with Gasteiger partial charge in [-0.1, -0.05) is 18.2 Å². The van der Waals surface area contributed by atoms with E-state index >= 15 is 0 Å². The Morgan fingerprint density at radius 1 is 1.33 bits per heavy atom. The number of carboxylic acid groups (broad SMARTS) is 1. The molecule has 0 amide bonds. The van der Waals surface area contributed by atoms with Gasteiger partial charge in [-0.25, -0.2) is 4.79 Å². The molecule has 0 fully saturated rings. The third kappa shape index (κ3) is 2.88. The van der Waals surface area contributed by atoms with Crippen LogP contribution in [-0.2, 0) is 4.79 Å². The second-order valence-corrected chi connectivity index (χ2v) is 2.18. The van der Waals surface area contributed by atoms with Crippen molar-refractivity contribution in [3.63, 3.8) is 0 Å². The highest BCUT2D eigenvalue weighted by molar-refractivity contribution is 5.80. The zero-order valence-corrected chi connectivity index (χ0v) is 6.40. The van der Waals surface area contributed by atoms with Crippen LogP contribution in [0, 0.1) is 0 Å². The monoisotopic (exact) mass is 163 g/mol. The fourth-order valence-electron chi connectivity index (χ4n) is 0.744. The topological polar surface area (TPSA) is 49.3 Å². The molecular weight excluding hydrogens is 154 g/mol. The van der Waals surface area contributed by atoms with Crippen LogP contribution >= 0.6 is 0 Å². The molecule has 2 N–H and O–H groups in total. The molecule has 0 spiro atoms. The molecule has 62 valence electrons. The number of anilines is 1. The van der Waals surface area contributed by atoms with Crippen LogP contribution in [0.15, 0.2) is 42.6 Å². The third-order valence-corrected chi connectivity index (χ3v) is 1.25. The molecule has 0 aromatic heterocycles. The minimum Gasteiger partial charge on any atom is -0.478 e. The summed E-state index contributed by atoms with van der Waals surface area (Å²) >= 11 is 0. The molecule has 0 aliphatic carbocycles. The number of hydrogen-bond acceptors (Lipinski definition) is 2. The number of para-hydroxylation sites is 1. The summed E-state index contributed by atoms with van der Waals surface area (Å²) in [6, 6.07) is 9.35. The van der Waals surface area contributed by atoms with Crippen LogP contribution in [0.2, 0.25) is 0 Å². The lowest BCUT2D eigenvalue weighted by Gasteiger charge is -1.96. The molecule has 0 bridgehead atoms. The van der Waals surface area contributed by atoms with Gasteiger partial charge in [0.15, 0.2) is 0 Å². The second kappa shape index (κ2) is 4.18. The van der Waals surface area contributed by atoms with E-state index in [9.17, 15) is 4.79 Å². The first-order valence-corrected chi connectivity index (χ1v) is 3.50. The molecule has 0 radical (unpaired) electrons. The van der Waals surface area contributed by atoms with Crippen molar-refractivity contribution in [1.29, 1.82) is 0 Å². The molecule has 0 atom stereocenters. The lowest BCUT2D eigenvalue weighted by molar-refractivity contribution is -0.131. The van der Waals surface area contributed by atoms with E-state index < -0.39 is 5.97 Å². The molecule has 0 unspecified atom stereocenters. The van der Waals surface area contributed by atoms with Crippen LogP contribution in [0.5, 0.6) is 0 Å². The van der Waals surface area contributed by atoms with Gasteiger partial charge in [0, 0.05) is 18.0 Å². The molecular formula is C9H9NO2. The summed E-state index contributed by atoms with van der Waals surface area (Å²) in [5.74, 6) is -0.960. The molecule has 0 aliphatic rings. The molecule has 0 saturated carbocycles. The highest BCUT2D eigenvalue weighted by atomic mass is 16.4. The largest absolute Gasteiger partial charge is 0.478 e. The van der Waals surface area contributed by atoms with Gasteiger partial charge in [0.25, 0.3) is 0 Å². The van der Waals surface area contributed by atoms with E-state index in [1.54, 1.807) is 0 Å². The Morgan fingerprint density at radius 3 is 2.58 bits per heavy atom. The molecule has 3 heteroatoms. The predicted molar refractivity (Wildman–Crippen MR) is 46.8 cm³/mol. The summed E-state index contributed by atoms with van der Waals surface area (Å²) in [4.78, 5) is 10.1. The Labute approximate surface area is 70.3 Å². The van der Waals surface area contributed by atoms with Crippen LogP contribution in [0.3, 0.4) is 0 Å². The summed E-state index contributed by atoms with van der Waals surface area (Å²) in [6.45, 7) is 0. The summed E-state index contributed by atoms with van der Waals surface area (Å²) in [5.41, 5.74) is 0.870. The lowest BCUT2D eigenvalue weighted by Crippen LogP contribution is -1.91. The van der Waals surface area contributed by atoms with Gasteiger partial charge in [-0.05, 0) is 12.1 Å². The van der Waals surface area contributed by atoms with E-state index in [2.05, 4.69) is 5.32 Å². The number of aliphatic carboxylic acids is 1. The van der Waals surface area contributed by atoms with Gasteiger partial charge >= 0.3 is 5.97 Å². The Hall–Kier alpha value is -1.77. The maximum atomic E-state index is 10.1. The fraction of sp³-hybridized carbons (Fsp3) is 0. The zero-order chi connectivity index (χ0) is 8.81. The van der Waals surface area contributed by atoms with Crippen molar-refractivity contribution >= 4 is 11.7 Å². The van der Waals surface area contributed by atoms with Crippen LogP contribution in [0.25, 0.3) is 0 Å². The smallest absolute Gasteiger partial charge is 0.329 e. The van der Waals surface area contributed by atoms with Crippen LogP contribution < -0.4 is 5.32 Å². The quantitative estimate of drug-likeness (QED) is 0.667. The first-order chi connectivity index (χ1) is 5.79. The van der Waals surface area contributed by atoms with Crippen molar-refractivity contribution in [1.82, 2.24) is 0 Å². The Bertz CT molecular complexity index is 280. The molecule has 1 rings (SSSR count). The second-order valence-electron chi connectivity index (χ2n) is 2.18. The van der Waals surface area contributed by atoms with E-state index in [1.807, 2.05) is 30.3 Å². The van der Waals surface area contributed by atoms with E-state index in [4.69, 9.17) is 5.11 Å². The summed E-state index contributed by atoms with van der Waals surface area (Å²) in [6.07, 6.45) is 2.44. The van der Waals surface area contributed by atoms with E-state index in [0.717, 1.165) is 11.8 Å². The van der Waals surface area contributed by atoms with E-state index in [0.29, 0.717) is 0 Å². The number of carbonyl (C=O) groups is 1. The van der Waals surface area contributed by atoms with Crippen molar-refractivity contribution in [2.24, 2.45) is 0 Å². The molecule has 3 nitrogen and oxygen atoms in total. The minimum absolute atomic E-state index is 0.870. The normalized spacial score (nSPS) is 10.0. The van der Waals surface area contributed by atoms with Gasteiger partial charge < -0.3 is 10.4 Å². The Balaban J connectivity index is 2.49. The molecule has 12 heavy (non-hydrogen) atoms. The molecule has 0 heterocycles. The van der Waals surface area contributed by atoms with Crippen molar-refractivity contribution < 1.29 is 9.90 Å². The maximum Gasteiger partial charge on any atom is 0.329 e. The number of carboxylic acids is 1. The molecule has 0 saturated heterocycles. The van der Waals surface area contributed by atoms with Crippen LogP contribution in [0.4, 0.5) is 5.69 Å². The summed E-state index contributed by atoms with van der Waals surface area (Å²) < 4.78 is 0. The number of hydrogen-bond donors (Lipinski definition) is 2. The summed E-state index contributed by atoms with van der Waals surface area (Å²) in [5, 5.41) is 11.1. The maximum absolute atomic E-state index is 10.1. The van der Waals surface area contributed by atoms with Crippen molar-refractivity contribution in [3.8, 4) is 0 Å². The van der Waals surface area contributed by atoms with Crippen LogP contribution in [-0.4, -0.2) is 11.1 Å². The van der Waals surface area contributed by atoms with Gasteiger partial charge in [-0.2, -0.15) is 0 Å². The highest BCUT2D eigenvalue weighted by Gasteiger charge is 1.85. The van der Waals surface area contributed by atoms with Crippen LogP contribution in [0.1, 0.15) is 0 Å². The van der Waals surface area contributed by atoms with Gasteiger partial charge in [0.1, 0.15) is 0 Å². The first-order valence-electron chi connectivity index (χ1n) is 3.50. The van der Waals surface area contributed by atoms with Gasteiger partial charge in [0.2, 0.25) is 0 Å². The standard InChI is InChI=1S/C9H9NO2/c11-9(12)6-7-10-8-4-2-1-3-5-8/h1-7,10H,(H,11,12). The van der Waals surface area contributed by atoms with E-state index in [-0.39, 0.29) is 0 Å². The zero-order valence-electron chi connectivity index (χ0n) is 6.40. The predicted octanol–water partition coefficient (Wildman–Crippen LogP) is 1.70. The number of benzene rings is 1. The number of nitrogens with one attached hydrogen (secondary N) is 1. The van der Waals surface area contributed by atoms with Gasteiger partial charge in [-0.3, -0.25) is 0 Å². The van der Waals surface area contributed by atoms with E-state index in [1.165, 1.54) is 6.20 Å².